The zero-order valence-corrected chi connectivity index (χ0v) is 12.3. The average molecular weight is 296 g/mol. The monoisotopic (exact) mass is 296 g/mol. The van der Waals surface area contributed by atoms with Gasteiger partial charge in [-0.25, -0.2) is 4.39 Å². The van der Waals surface area contributed by atoms with E-state index in [0.29, 0.717) is 12.1 Å². The average Bonchev–Trinajstić information content (AvgIpc) is 2.93. The van der Waals surface area contributed by atoms with Gasteiger partial charge in [0.2, 0.25) is 5.91 Å². The van der Waals surface area contributed by atoms with Crippen LogP contribution in [0.3, 0.4) is 0 Å². The molecular weight excluding hydrogens is 279 g/mol. The van der Waals surface area contributed by atoms with E-state index in [1.165, 1.54) is 6.07 Å². The van der Waals surface area contributed by atoms with Gasteiger partial charge in [-0.05, 0) is 23.3 Å². The molecule has 2 aromatic carbocycles. The van der Waals surface area contributed by atoms with Gasteiger partial charge >= 0.3 is 0 Å². The van der Waals surface area contributed by atoms with Crippen molar-refractivity contribution in [2.24, 2.45) is 0 Å². The number of nitrogens with one attached hydrogen (secondary N) is 1. The van der Waals surface area contributed by atoms with E-state index in [-0.39, 0.29) is 18.1 Å². The Labute approximate surface area is 128 Å². The second-order valence-corrected chi connectivity index (χ2v) is 5.38. The van der Waals surface area contributed by atoms with E-state index in [2.05, 4.69) is 4.98 Å². The van der Waals surface area contributed by atoms with Gasteiger partial charge in [0, 0.05) is 30.7 Å². The van der Waals surface area contributed by atoms with E-state index < -0.39 is 0 Å². The van der Waals surface area contributed by atoms with Gasteiger partial charge in [-0.1, -0.05) is 36.4 Å². The van der Waals surface area contributed by atoms with Crippen molar-refractivity contribution in [3.63, 3.8) is 0 Å². The Morgan fingerprint density at radius 1 is 1.09 bits per heavy atom. The van der Waals surface area contributed by atoms with Crippen molar-refractivity contribution < 1.29 is 9.18 Å². The molecule has 0 aliphatic rings. The summed E-state index contributed by atoms with van der Waals surface area (Å²) in [5.74, 6) is -0.438. The first-order chi connectivity index (χ1) is 10.6. The van der Waals surface area contributed by atoms with Crippen LogP contribution in [0, 0.1) is 5.82 Å². The van der Waals surface area contributed by atoms with E-state index in [1.807, 2.05) is 30.5 Å². The summed E-state index contributed by atoms with van der Waals surface area (Å²) in [6.07, 6.45) is 1.99. The van der Waals surface area contributed by atoms with Gasteiger partial charge in [0.25, 0.3) is 0 Å². The highest BCUT2D eigenvalue weighted by Gasteiger charge is 2.14. The van der Waals surface area contributed by atoms with Crippen LogP contribution in [0.25, 0.3) is 10.9 Å². The topological polar surface area (TPSA) is 36.1 Å². The van der Waals surface area contributed by atoms with E-state index >= 15 is 0 Å². The third-order valence-corrected chi connectivity index (χ3v) is 3.81. The number of halogens is 1. The maximum atomic E-state index is 13.6. The van der Waals surface area contributed by atoms with Crippen LogP contribution >= 0.6 is 0 Å². The molecule has 3 aromatic rings. The lowest BCUT2D eigenvalue weighted by atomic mass is 10.1. The zero-order valence-electron chi connectivity index (χ0n) is 12.3. The predicted octanol–water partition coefficient (Wildman–Crippen LogP) is 3.51. The number of carbonyl (C=O) groups is 1. The van der Waals surface area contributed by atoms with Crippen LogP contribution in [0.5, 0.6) is 0 Å². The molecular formula is C18H17FN2O. The molecule has 0 aliphatic carbocycles. The van der Waals surface area contributed by atoms with Gasteiger partial charge in [0.15, 0.2) is 0 Å². The quantitative estimate of drug-likeness (QED) is 0.786. The van der Waals surface area contributed by atoms with Gasteiger partial charge in [0.1, 0.15) is 5.82 Å². The van der Waals surface area contributed by atoms with Crippen LogP contribution in [0.2, 0.25) is 0 Å². The van der Waals surface area contributed by atoms with Crippen molar-refractivity contribution in [2.45, 2.75) is 13.0 Å². The molecule has 1 aromatic heterocycles. The largest absolute Gasteiger partial charge is 0.361 e. The third-order valence-electron chi connectivity index (χ3n) is 3.81. The number of fused-ring (bicyclic) bond motifs is 1. The third kappa shape index (κ3) is 2.86. The Morgan fingerprint density at radius 3 is 2.64 bits per heavy atom. The molecule has 22 heavy (non-hydrogen) atoms. The molecule has 0 bridgehead atoms. The maximum Gasteiger partial charge on any atom is 0.227 e. The molecule has 0 unspecified atom stereocenters. The number of amides is 1. The van der Waals surface area contributed by atoms with Crippen molar-refractivity contribution in [3.05, 3.63) is 71.7 Å². The van der Waals surface area contributed by atoms with Gasteiger partial charge in [-0.15, -0.1) is 0 Å². The van der Waals surface area contributed by atoms with Crippen LogP contribution < -0.4 is 0 Å². The highest BCUT2D eigenvalue weighted by Crippen LogP contribution is 2.19. The summed E-state index contributed by atoms with van der Waals surface area (Å²) < 4.78 is 13.6. The lowest BCUT2D eigenvalue weighted by Crippen LogP contribution is -2.27. The number of H-pyrrole nitrogens is 1. The Bertz CT molecular complexity index is 809. The summed E-state index contributed by atoms with van der Waals surface area (Å²) in [6, 6.07) is 14.4. The van der Waals surface area contributed by atoms with Crippen LogP contribution in [-0.2, 0) is 17.8 Å². The SMILES string of the molecule is CN(Cc1c[nH]c2ccccc12)C(=O)Cc1ccccc1F. The van der Waals surface area contributed by atoms with E-state index in [4.69, 9.17) is 0 Å². The number of para-hydroxylation sites is 1. The van der Waals surface area contributed by atoms with E-state index in [9.17, 15) is 9.18 Å². The lowest BCUT2D eigenvalue weighted by Gasteiger charge is -2.17. The Morgan fingerprint density at radius 2 is 1.82 bits per heavy atom. The van der Waals surface area contributed by atoms with Crippen LogP contribution in [0.15, 0.2) is 54.7 Å². The van der Waals surface area contributed by atoms with Gasteiger partial charge in [0.05, 0.1) is 6.42 Å². The fourth-order valence-electron chi connectivity index (χ4n) is 2.55. The molecule has 3 nitrogen and oxygen atoms in total. The molecule has 112 valence electrons. The van der Waals surface area contributed by atoms with Crippen LogP contribution in [-0.4, -0.2) is 22.8 Å². The number of aromatic amines is 1. The molecule has 3 rings (SSSR count). The first-order valence-electron chi connectivity index (χ1n) is 7.17. The number of hydrogen-bond donors (Lipinski definition) is 1. The number of hydrogen-bond acceptors (Lipinski definition) is 1. The number of likely N-dealkylation sites (N-methyl/N-ethyl adjacent to an activating group) is 1. The lowest BCUT2D eigenvalue weighted by molar-refractivity contribution is -0.129. The van der Waals surface area contributed by atoms with E-state index in [0.717, 1.165) is 16.5 Å². The van der Waals surface area contributed by atoms with Crippen molar-refractivity contribution in [1.29, 1.82) is 0 Å². The predicted molar refractivity (Wildman–Crippen MR) is 84.9 cm³/mol. The minimum absolute atomic E-state index is 0.0749. The summed E-state index contributed by atoms with van der Waals surface area (Å²) in [5.41, 5.74) is 2.53. The molecule has 0 saturated carbocycles. The molecule has 0 fully saturated rings. The standard InChI is InChI=1S/C18H17FN2O/c1-21(18(22)10-13-6-2-4-8-16(13)19)12-14-11-20-17-9-5-3-7-15(14)17/h2-9,11,20H,10,12H2,1H3. The Balaban J connectivity index is 1.73. The van der Waals surface area contributed by atoms with E-state index in [1.54, 1.807) is 30.1 Å². The van der Waals surface area contributed by atoms with Crippen molar-refractivity contribution >= 4 is 16.8 Å². The first kappa shape index (κ1) is 14.3. The summed E-state index contributed by atoms with van der Waals surface area (Å²) in [6.45, 7) is 0.497. The molecule has 0 radical (unpaired) electrons. The van der Waals surface area contributed by atoms with Crippen molar-refractivity contribution in [1.82, 2.24) is 9.88 Å². The van der Waals surface area contributed by atoms with Gasteiger partial charge in [-0.2, -0.15) is 0 Å². The number of benzene rings is 2. The second-order valence-electron chi connectivity index (χ2n) is 5.38. The zero-order chi connectivity index (χ0) is 15.5. The Kier molecular flexibility index (Phi) is 3.92. The summed E-state index contributed by atoms with van der Waals surface area (Å²) >= 11 is 0. The molecule has 0 spiro atoms. The van der Waals surface area contributed by atoms with Crippen LogP contribution in [0.4, 0.5) is 4.39 Å². The molecule has 1 N–H and O–H groups in total. The summed E-state index contributed by atoms with van der Waals surface area (Å²) in [4.78, 5) is 17.1. The molecule has 0 aliphatic heterocycles. The van der Waals surface area contributed by atoms with Gasteiger partial charge < -0.3 is 9.88 Å². The minimum atomic E-state index is -0.337. The first-order valence-corrected chi connectivity index (χ1v) is 7.17. The fraction of sp³-hybridized carbons (Fsp3) is 0.167. The number of aromatic nitrogens is 1. The summed E-state index contributed by atoms with van der Waals surface area (Å²) in [7, 11) is 1.74. The maximum absolute atomic E-state index is 13.6. The van der Waals surface area contributed by atoms with Gasteiger partial charge in [-0.3, -0.25) is 4.79 Å². The molecule has 1 heterocycles. The highest BCUT2D eigenvalue weighted by atomic mass is 19.1. The fourth-order valence-corrected chi connectivity index (χ4v) is 2.55. The smallest absolute Gasteiger partial charge is 0.227 e. The summed E-state index contributed by atoms with van der Waals surface area (Å²) in [5, 5.41) is 1.10. The molecule has 0 saturated heterocycles. The highest BCUT2D eigenvalue weighted by molar-refractivity contribution is 5.84. The number of rotatable bonds is 4. The molecule has 0 atom stereocenters. The van der Waals surface area contributed by atoms with Crippen LogP contribution in [0.1, 0.15) is 11.1 Å². The number of nitrogens with zero attached hydrogens (tertiary/aromatic N) is 1. The van der Waals surface area contributed by atoms with Crippen molar-refractivity contribution in [3.8, 4) is 0 Å². The normalized spacial score (nSPS) is 10.8. The minimum Gasteiger partial charge on any atom is -0.361 e. The van der Waals surface area contributed by atoms with Crippen molar-refractivity contribution in [2.75, 3.05) is 7.05 Å². The molecule has 4 heteroatoms. The number of carbonyl (C=O) groups excluding carboxylic acids is 1. The Hall–Kier alpha value is -2.62. The second kappa shape index (κ2) is 6.02. The molecule has 1 amide bonds.